The van der Waals surface area contributed by atoms with Crippen molar-refractivity contribution in [2.24, 2.45) is 0 Å². The van der Waals surface area contributed by atoms with E-state index in [9.17, 15) is 9.59 Å². The fraction of sp³-hybridized carbons (Fsp3) is 0.238. The standard InChI is InChI=1S/C21H18ClNO6/c1-11-15-8-14(22)4-6-16(15)29-20(11)21(25)26-9-19(24)23-12(2)13-3-5-17-18(7-13)28-10-27-17/h3-8,12H,9-10H2,1-2H3,(H,23,24)/t12-/m0/s1. The Labute approximate surface area is 171 Å². The van der Waals surface area contributed by atoms with Crippen molar-refractivity contribution in [2.45, 2.75) is 19.9 Å². The average Bonchev–Trinajstić information content (AvgIpc) is 3.30. The minimum Gasteiger partial charge on any atom is -0.454 e. The van der Waals surface area contributed by atoms with E-state index in [1.165, 1.54) is 0 Å². The lowest BCUT2D eigenvalue weighted by molar-refractivity contribution is -0.124. The molecule has 1 aliphatic heterocycles. The summed E-state index contributed by atoms with van der Waals surface area (Å²) in [6, 6.07) is 10.2. The van der Waals surface area contributed by atoms with Gasteiger partial charge in [0.25, 0.3) is 5.91 Å². The first-order valence-corrected chi connectivity index (χ1v) is 9.35. The third-order valence-electron chi connectivity index (χ3n) is 4.69. The fourth-order valence-electron chi connectivity index (χ4n) is 3.13. The number of hydrogen-bond donors (Lipinski definition) is 1. The maximum absolute atomic E-state index is 12.3. The highest BCUT2D eigenvalue weighted by atomic mass is 35.5. The molecule has 0 unspecified atom stereocenters. The minimum absolute atomic E-state index is 0.0545. The van der Waals surface area contributed by atoms with Crippen molar-refractivity contribution in [3.63, 3.8) is 0 Å². The Kier molecular flexibility index (Phi) is 5.07. The molecule has 0 bridgehead atoms. The Balaban J connectivity index is 1.37. The van der Waals surface area contributed by atoms with Gasteiger partial charge in [0.15, 0.2) is 18.1 Å². The molecular weight excluding hydrogens is 398 g/mol. The molecule has 0 aliphatic carbocycles. The molecule has 1 atom stereocenters. The van der Waals surface area contributed by atoms with Gasteiger partial charge in [0.1, 0.15) is 5.58 Å². The lowest BCUT2D eigenvalue weighted by Crippen LogP contribution is -2.31. The summed E-state index contributed by atoms with van der Waals surface area (Å²) in [7, 11) is 0. The molecule has 7 nitrogen and oxygen atoms in total. The smallest absolute Gasteiger partial charge is 0.375 e. The third-order valence-corrected chi connectivity index (χ3v) is 4.93. The van der Waals surface area contributed by atoms with E-state index >= 15 is 0 Å². The van der Waals surface area contributed by atoms with Gasteiger partial charge in [0.2, 0.25) is 12.6 Å². The minimum atomic E-state index is -0.708. The van der Waals surface area contributed by atoms with Crippen LogP contribution in [0.15, 0.2) is 40.8 Å². The second-order valence-corrected chi connectivity index (χ2v) is 7.11. The second kappa shape index (κ2) is 7.67. The zero-order chi connectivity index (χ0) is 20.5. The highest BCUT2D eigenvalue weighted by Crippen LogP contribution is 2.34. The van der Waals surface area contributed by atoms with Crippen LogP contribution in [0.4, 0.5) is 0 Å². The summed E-state index contributed by atoms with van der Waals surface area (Å²) in [5.74, 6) is 0.221. The van der Waals surface area contributed by atoms with Crippen molar-refractivity contribution in [3.05, 3.63) is 58.3 Å². The molecule has 0 saturated carbocycles. The summed E-state index contributed by atoms with van der Waals surface area (Å²) in [6.45, 7) is 3.32. The van der Waals surface area contributed by atoms with Crippen LogP contribution < -0.4 is 14.8 Å². The van der Waals surface area contributed by atoms with Gasteiger partial charge in [-0.25, -0.2) is 4.79 Å². The van der Waals surface area contributed by atoms with Gasteiger partial charge in [-0.3, -0.25) is 4.79 Å². The van der Waals surface area contributed by atoms with Crippen LogP contribution >= 0.6 is 11.6 Å². The number of nitrogens with one attached hydrogen (secondary N) is 1. The predicted molar refractivity (Wildman–Crippen MR) is 105 cm³/mol. The number of carbonyl (C=O) groups excluding carboxylic acids is 2. The van der Waals surface area contributed by atoms with E-state index in [4.69, 9.17) is 30.2 Å². The van der Waals surface area contributed by atoms with Crippen LogP contribution in [-0.2, 0) is 9.53 Å². The molecule has 4 rings (SSSR count). The molecule has 0 spiro atoms. The number of ether oxygens (including phenoxy) is 3. The molecule has 150 valence electrons. The normalized spacial score (nSPS) is 13.3. The summed E-state index contributed by atoms with van der Waals surface area (Å²) in [6.07, 6.45) is 0. The number of fused-ring (bicyclic) bond motifs is 2. The van der Waals surface area contributed by atoms with Crippen molar-refractivity contribution in [2.75, 3.05) is 13.4 Å². The monoisotopic (exact) mass is 415 g/mol. The van der Waals surface area contributed by atoms with E-state index < -0.39 is 18.5 Å². The Morgan fingerprint density at radius 2 is 1.97 bits per heavy atom. The quantitative estimate of drug-likeness (QED) is 0.630. The molecule has 1 amide bonds. The van der Waals surface area contributed by atoms with Gasteiger partial charge in [-0.15, -0.1) is 0 Å². The Morgan fingerprint density at radius 1 is 1.17 bits per heavy atom. The van der Waals surface area contributed by atoms with Crippen molar-refractivity contribution in [1.82, 2.24) is 5.32 Å². The Hall–Kier alpha value is -3.19. The Bertz CT molecular complexity index is 1110. The van der Waals surface area contributed by atoms with Crippen LogP contribution in [0.25, 0.3) is 11.0 Å². The van der Waals surface area contributed by atoms with Crippen LogP contribution in [0.5, 0.6) is 11.5 Å². The van der Waals surface area contributed by atoms with Crippen molar-refractivity contribution in [1.29, 1.82) is 0 Å². The number of furan rings is 1. The number of benzene rings is 2. The maximum Gasteiger partial charge on any atom is 0.375 e. The topological polar surface area (TPSA) is 87.0 Å². The summed E-state index contributed by atoms with van der Waals surface area (Å²) >= 11 is 5.99. The van der Waals surface area contributed by atoms with E-state index in [-0.39, 0.29) is 18.6 Å². The molecule has 0 radical (unpaired) electrons. The molecule has 1 aromatic heterocycles. The van der Waals surface area contributed by atoms with Crippen molar-refractivity contribution < 1.29 is 28.2 Å². The van der Waals surface area contributed by atoms with E-state index in [2.05, 4.69) is 5.32 Å². The van der Waals surface area contributed by atoms with Gasteiger partial charge in [-0.2, -0.15) is 0 Å². The zero-order valence-corrected chi connectivity index (χ0v) is 16.5. The molecule has 1 aliphatic rings. The van der Waals surface area contributed by atoms with E-state index in [0.717, 1.165) is 10.9 Å². The predicted octanol–water partition coefficient (Wildman–Crippen LogP) is 4.16. The van der Waals surface area contributed by atoms with Crippen LogP contribution in [0.1, 0.15) is 34.6 Å². The van der Waals surface area contributed by atoms with Gasteiger partial charge in [0, 0.05) is 16.0 Å². The summed E-state index contributed by atoms with van der Waals surface area (Å²) in [5, 5.41) is 4.05. The molecule has 1 N–H and O–H groups in total. The number of hydrogen-bond acceptors (Lipinski definition) is 6. The first-order chi connectivity index (χ1) is 13.9. The van der Waals surface area contributed by atoms with Gasteiger partial charge < -0.3 is 23.9 Å². The zero-order valence-electron chi connectivity index (χ0n) is 15.8. The third kappa shape index (κ3) is 3.86. The molecule has 29 heavy (non-hydrogen) atoms. The largest absolute Gasteiger partial charge is 0.454 e. The number of carbonyl (C=O) groups is 2. The van der Waals surface area contributed by atoms with Crippen LogP contribution in [0.2, 0.25) is 5.02 Å². The highest BCUT2D eigenvalue weighted by Gasteiger charge is 2.21. The first kappa shape index (κ1) is 19.1. The second-order valence-electron chi connectivity index (χ2n) is 6.67. The molecule has 8 heteroatoms. The molecule has 0 saturated heterocycles. The molecule has 2 heterocycles. The first-order valence-electron chi connectivity index (χ1n) is 8.97. The Morgan fingerprint density at radius 3 is 2.79 bits per heavy atom. The van der Waals surface area contributed by atoms with Gasteiger partial charge in [-0.1, -0.05) is 17.7 Å². The average molecular weight is 416 g/mol. The maximum atomic E-state index is 12.3. The van der Waals surface area contributed by atoms with E-state index in [1.54, 1.807) is 31.2 Å². The van der Waals surface area contributed by atoms with Gasteiger partial charge >= 0.3 is 5.97 Å². The van der Waals surface area contributed by atoms with Crippen LogP contribution in [0.3, 0.4) is 0 Å². The van der Waals surface area contributed by atoms with Gasteiger partial charge in [0.05, 0.1) is 6.04 Å². The van der Waals surface area contributed by atoms with Crippen LogP contribution in [-0.4, -0.2) is 25.3 Å². The number of amides is 1. The number of halogens is 1. The summed E-state index contributed by atoms with van der Waals surface area (Å²) < 4.78 is 21.3. The van der Waals surface area contributed by atoms with E-state index in [1.807, 2.05) is 19.1 Å². The van der Waals surface area contributed by atoms with Crippen molar-refractivity contribution >= 4 is 34.4 Å². The molecular formula is C21H18ClNO6. The number of rotatable bonds is 5. The molecule has 3 aromatic rings. The van der Waals surface area contributed by atoms with E-state index in [0.29, 0.717) is 27.7 Å². The highest BCUT2D eigenvalue weighted by molar-refractivity contribution is 6.31. The van der Waals surface area contributed by atoms with Gasteiger partial charge in [-0.05, 0) is 49.7 Å². The van der Waals surface area contributed by atoms with Crippen LogP contribution in [0, 0.1) is 6.92 Å². The lowest BCUT2D eigenvalue weighted by atomic mass is 10.1. The molecule has 2 aromatic carbocycles. The number of aryl methyl sites for hydroxylation is 1. The molecule has 0 fully saturated rings. The fourth-order valence-corrected chi connectivity index (χ4v) is 3.31. The summed E-state index contributed by atoms with van der Waals surface area (Å²) in [5.41, 5.74) is 1.99. The summed E-state index contributed by atoms with van der Waals surface area (Å²) in [4.78, 5) is 24.6. The lowest BCUT2D eigenvalue weighted by Gasteiger charge is -2.14. The SMILES string of the molecule is Cc1c(C(=O)OCC(=O)N[C@@H](C)c2ccc3c(c2)OCO3)oc2ccc(Cl)cc12. The number of esters is 1. The van der Waals surface area contributed by atoms with Crippen molar-refractivity contribution in [3.8, 4) is 11.5 Å².